The number of pyridine rings is 1. The van der Waals surface area contributed by atoms with Gasteiger partial charge >= 0.3 is 0 Å². The number of hydrogen-bond donors (Lipinski definition) is 0. The molecule has 0 N–H and O–H groups in total. The van der Waals surface area contributed by atoms with Crippen LogP contribution in [-0.4, -0.2) is 14.5 Å². The fourth-order valence-corrected chi connectivity index (χ4v) is 3.77. The molecule has 3 aromatic rings. The average Bonchev–Trinajstić information content (AvgIpc) is 2.99. The Morgan fingerprint density at radius 3 is 3.00 bits per heavy atom. The zero-order valence-electron chi connectivity index (χ0n) is 10.6. The highest BCUT2D eigenvalue weighted by Gasteiger charge is 2.27. The van der Waals surface area contributed by atoms with E-state index in [-0.39, 0.29) is 0 Å². The molecule has 0 fully saturated rings. The second kappa shape index (κ2) is 4.10. The number of imidazole rings is 1. The van der Waals surface area contributed by atoms with E-state index in [0.29, 0.717) is 5.25 Å². The molecule has 1 atom stereocenters. The molecule has 0 bridgehead atoms. The Morgan fingerprint density at radius 1 is 1.21 bits per heavy atom. The fourth-order valence-electron chi connectivity index (χ4n) is 2.58. The van der Waals surface area contributed by atoms with Gasteiger partial charge in [-0.15, -0.1) is 0 Å². The van der Waals surface area contributed by atoms with Crippen molar-refractivity contribution in [2.45, 2.75) is 23.9 Å². The third-order valence-corrected chi connectivity index (χ3v) is 4.76. The molecule has 0 radical (unpaired) electrons. The molecule has 2 aromatic heterocycles. The number of thioether (sulfide) groups is 1. The molecule has 4 rings (SSSR count). The van der Waals surface area contributed by atoms with Crippen molar-refractivity contribution in [3.8, 4) is 0 Å². The molecule has 4 heteroatoms. The quantitative estimate of drug-likeness (QED) is 0.675. The van der Waals surface area contributed by atoms with Crippen LogP contribution in [0, 0.1) is 6.92 Å². The van der Waals surface area contributed by atoms with Gasteiger partial charge < -0.3 is 4.57 Å². The Hall–Kier alpha value is -1.81. The largest absolute Gasteiger partial charge is 0.317 e. The van der Waals surface area contributed by atoms with Gasteiger partial charge in [0, 0.05) is 12.7 Å². The van der Waals surface area contributed by atoms with Crippen molar-refractivity contribution < 1.29 is 0 Å². The van der Waals surface area contributed by atoms with Crippen molar-refractivity contribution in [3.63, 3.8) is 0 Å². The van der Waals surface area contributed by atoms with E-state index in [0.717, 1.165) is 22.9 Å². The minimum absolute atomic E-state index is 0.383. The molecule has 0 saturated heterocycles. The summed E-state index contributed by atoms with van der Waals surface area (Å²) in [7, 11) is 0. The van der Waals surface area contributed by atoms with Crippen LogP contribution >= 0.6 is 11.8 Å². The van der Waals surface area contributed by atoms with Crippen LogP contribution in [0.2, 0.25) is 0 Å². The Balaban J connectivity index is 1.78. The topological polar surface area (TPSA) is 30.7 Å². The minimum Gasteiger partial charge on any atom is -0.317 e. The zero-order valence-corrected chi connectivity index (χ0v) is 11.4. The van der Waals surface area contributed by atoms with E-state index in [4.69, 9.17) is 4.98 Å². The van der Waals surface area contributed by atoms with Crippen molar-refractivity contribution in [1.29, 1.82) is 0 Å². The summed E-state index contributed by atoms with van der Waals surface area (Å²) in [5.74, 6) is 0. The van der Waals surface area contributed by atoms with Crippen LogP contribution in [0.1, 0.15) is 16.5 Å². The maximum absolute atomic E-state index is 4.77. The standard InChI is InChI=1S/C15H13N3S/c1-10-5-4-7-12-14(10)17-15-18(12)9-13(19-15)11-6-2-3-8-16-11/h2-8,13H,9H2,1H3. The van der Waals surface area contributed by atoms with E-state index in [2.05, 4.69) is 40.7 Å². The van der Waals surface area contributed by atoms with Gasteiger partial charge in [-0.3, -0.25) is 4.98 Å². The molecule has 0 saturated carbocycles. The van der Waals surface area contributed by atoms with Crippen molar-refractivity contribution in [2.75, 3.05) is 0 Å². The third kappa shape index (κ3) is 1.67. The van der Waals surface area contributed by atoms with Crippen LogP contribution in [0.3, 0.4) is 0 Å². The van der Waals surface area contributed by atoms with Gasteiger partial charge in [-0.05, 0) is 30.7 Å². The molecule has 0 aliphatic carbocycles. The summed E-state index contributed by atoms with van der Waals surface area (Å²) in [6.07, 6.45) is 1.86. The van der Waals surface area contributed by atoms with Gasteiger partial charge in [0.05, 0.1) is 22.0 Å². The summed E-state index contributed by atoms with van der Waals surface area (Å²) in [6.45, 7) is 3.07. The molecular formula is C15H13N3S. The molecule has 1 unspecified atom stereocenters. The Kier molecular flexibility index (Phi) is 2.38. The summed E-state index contributed by atoms with van der Waals surface area (Å²) in [4.78, 5) is 9.23. The second-order valence-electron chi connectivity index (χ2n) is 4.81. The van der Waals surface area contributed by atoms with Gasteiger partial charge in [0.1, 0.15) is 0 Å². The highest BCUT2D eigenvalue weighted by atomic mass is 32.2. The molecule has 0 amide bonds. The van der Waals surface area contributed by atoms with Crippen LogP contribution in [0.15, 0.2) is 47.8 Å². The molecular weight excluding hydrogens is 254 g/mol. The monoisotopic (exact) mass is 267 g/mol. The van der Waals surface area contributed by atoms with Gasteiger partial charge in [0.15, 0.2) is 5.16 Å². The van der Waals surface area contributed by atoms with Crippen molar-refractivity contribution >= 4 is 22.8 Å². The SMILES string of the molecule is Cc1cccc2c1nc1n2CC(c2ccccn2)S1. The average molecular weight is 267 g/mol. The normalized spacial score (nSPS) is 17.8. The van der Waals surface area contributed by atoms with E-state index < -0.39 is 0 Å². The van der Waals surface area contributed by atoms with Crippen LogP contribution < -0.4 is 0 Å². The summed E-state index contributed by atoms with van der Waals surface area (Å²) < 4.78 is 2.31. The third-order valence-electron chi connectivity index (χ3n) is 3.56. The lowest BCUT2D eigenvalue weighted by molar-refractivity contribution is 0.674. The molecule has 1 aromatic carbocycles. The predicted molar refractivity (Wildman–Crippen MR) is 77.3 cm³/mol. The maximum atomic E-state index is 4.77. The van der Waals surface area contributed by atoms with E-state index in [1.807, 2.05) is 30.1 Å². The predicted octanol–water partition coefficient (Wildman–Crippen LogP) is 3.59. The van der Waals surface area contributed by atoms with Crippen LogP contribution in [0.5, 0.6) is 0 Å². The minimum atomic E-state index is 0.383. The van der Waals surface area contributed by atoms with Gasteiger partial charge in [0.25, 0.3) is 0 Å². The lowest BCUT2D eigenvalue weighted by atomic mass is 10.2. The number of para-hydroxylation sites is 1. The summed E-state index contributed by atoms with van der Waals surface area (Å²) in [5.41, 5.74) is 4.75. The number of hydrogen-bond acceptors (Lipinski definition) is 3. The number of benzene rings is 1. The van der Waals surface area contributed by atoms with Gasteiger partial charge in [-0.2, -0.15) is 0 Å². The van der Waals surface area contributed by atoms with Crippen LogP contribution in [0.4, 0.5) is 0 Å². The molecule has 3 nitrogen and oxygen atoms in total. The molecule has 94 valence electrons. The first-order chi connectivity index (χ1) is 9.33. The van der Waals surface area contributed by atoms with Crippen molar-refractivity contribution in [2.24, 2.45) is 0 Å². The van der Waals surface area contributed by atoms with Crippen molar-refractivity contribution in [3.05, 3.63) is 53.9 Å². The Morgan fingerprint density at radius 2 is 2.16 bits per heavy atom. The van der Waals surface area contributed by atoms with Crippen LogP contribution in [0.25, 0.3) is 11.0 Å². The lowest BCUT2D eigenvalue weighted by Gasteiger charge is -2.07. The molecule has 3 heterocycles. The van der Waals surface area contributed by atoms with Gasteiger partial charge in [0.2, 0.25) is 0 Å². The molecule has 1 aliphatic rings. The van der Waals surface area contributed by atoms with Crippen molar-refractivity contribution in [1.82, 2.24) is 14.5 Å². The molecule has 1 aliphatic heterocycles. The first-order valence-electron chi connectivity index (χ1n) is 6.36. The van der Waals surface area contributed by atoms with E-state index in [9.17, 15) is 0 Å². The van der Waals surface area contributed by atoms with E-state index in [1.54, 1.807) is 0 Å². The summed E-state index contributed by atoms with van der Waals surface area (Å²) in [5, 5.41) is 1.49. The highest BCUT2D eigenvalue weighted by molar-refractivity contribution is 7.99. The number of aryl methyl sites for hydroxylation is 1. The van der Waals surface area contributed by atoms with Gasteiger partial charge in [-0.25, -0.2) is 4.98 Å². The second-order valence-corrected chi connectivity index (χ2v) is 5.98. The fraction of sp³-hybridized carbons (Fsp3) is 0.200. The Bertz CT molecular complexity index is 749. The molecule has 0 spiro atoms. The number of aromatic nitrogens is 3. The zero-order chi connectivity index (χ0) is 12.8. The Labute approximate surface area is 115 Å². The van der Waals surface area contributed by atoms with Gasteiger partial charge in [-0.1, -0.05) is 30.0 Å². The number of nitrogens with zero attached hydrogens (tertiary/aromatic N) is 3. The highest BCUT2D eigenvalue weighted by Crippen LogP contribution is 2.43. The first kappa shape index (κ1) is 11.1. The lowest BCUT2D eigenvalue weighted by Crippen LogP contribution is -2.00. The number of rotatable bonds is 1. The summed E-state index contributed by atoms with van der Waals surface area (Å²) in [6, 6.07) is 12.5. The summed E-state index contributed by atoms with van der Waals surface area (Å²) >= 11 is 1.81. The smallest absolute Gasteiger partial charge is 0.169 e. The van der Waals surface area contributed by atoms with E-state index >= 15 is 0 Å². The maximum Gasteiger partial charge on any atom is 0.169 e. The molecule has 19 heavy (non-hydrogen) atoms. The van der Waals surface area contributed by atoms with E-state index in [1.165, 1.54) is 11.1 Å². The first-order valence-corrected chi connectivity index (χ1v) is 7.24. The number of fused-ring (bicyclic) bond motifs is 3. The van der Waals surface area contributed by atoms with Crippen LogP contribution in [-0.2, 0) is 6.54 Å².